The van der Waals surface area contributed by atoms with Crippen LogP contribution in [0.25, 0.3) is 22.3 Å². The maximum atomic E-state index is 12.3. The third-order valence-corrected chi connectivity index (χ3v) is 5.08. The monoisotopic (exact) mass is 418 g/mol. The Bertz CT molecular complexity index is 1410. The van der Waals surface area contributed by atoms with Crippen molar-refractivity contribution in [3.05, 3.63) is 106 Å². The van der Waals surface area contributed by atoms with Crippen molar-refractivity contribution in [2.24, 2.45) is 0 Å². The van der Waals surface area contributed by atoms with Crippen molar-refractivity contribution in [2.45, 2.75) is 6.61 Å². The highest BCUT2D eigenvalue weighted by Gasteiger charge is 2.20. The number of hydrogen-bond acceptors (Lipinski definition) is 5. The number of ether oxygens (including phenoxy) is 1. The number of hydrogen-bond donors (Lipinski definition) is 2. The number of aromatic amines is 1. The molecule has 32 heavy (non-hydrogen) atoms. The summed E-state index contributed by atoms with van der Waals surface area (Å²) in [5.74, 6) is 0.650. The summed E-state index contributed by atoms with van der Waals surface area (Å²) in [6, 6.07) is 28.6. The van der Waals surface area contributed by atoms with Crippen LogP contribution in [0.3, 0.4) is 0 Å². The Morgan fingerprint density at radius 1 is 0.812 bits per heavy atom. The molecule has 0 saturated heterocycles. The molecule has 1 aromatic heterocycles. The lowest BCUT2D eigenvalue weighted by Gasteiger charge is -2.14. The third-order valence-electron chi connectivity index (χ3n) is 5.08. The lowest BCUT2D eigenvalue weighted by atomic mass is 9.90. The number of aromatic nitrogens is 1. The minimum absolute atomic E-state index is 0.0639. The molecule has 0 unspecified atom stereocenters. The smallest absolute Gasteiger partial charge is 0.268 e. The Balaban J connectivity index is 1.74. The van der Waals surface area contributed by atoms with Crippen LogP contribution in [-0.4, -0.2) is 4.98 Å². The van der Waals surface area contributed by atoms with Gasteiger partial charge in [-0.1, -0.05) is 66.7 Å². The lowest BCUT2D eigenvalue weighted by molar-refractivity contribution is 0.306. The number of anilines is 1. The molecule has 154 valence electrons. The first-order valence-corrected chi connectivity index (χ1v) is 9.85. The molecule has 0 amide bonds. The van der Waals surface area contributed by atoms with Gasteiger partial charge in [-0.25, -0.2) is 0 Å². The lowest BCUT2D eigenvalue weighted by Crippen LogP contribution is -2.16. The second-order valence-corrected chi connectivity index (χ2v) is 7.06. The Morgan fingerprint density at radius 2 is 1.44 bits per heavy atom. The van der Waals surface area contributed by atoms with Crippen LogP contribution < -0.4 is 16.0 Å². The number of H-pyrrole nitrogens is 1. The zero-order valence-corrected chi connectivity index (χ0v) is 17.0. The summed E-state index contributed by atoms with van der Waals surface area (Å²) in [6.07, 6.45) is 0. The molecule has 3 aromatic carbocycles. The molecule has 0 bridgehead atoms. The van der Waals surface area contributed by atoms with Crippen molar-refractivity contribution in [3.8, 4) is 40.1 Å². The van der Waals surface area contributed by atoms with Gasteiger partial charge in [0, 0.05) is 5.56 Å². The van der Waals surface area contributed by atoms with Crippen LogP contribution in [0.1, 0.15) is 16.7 Å². The van der Waals surface area contributed by atoms with Gasteiger partial charge in [-0.2, -0.15) is 10.5 Å². The van der Waals surface area contributed by atoms with Gasteiger partial charge in [-0.05, 0) is 34.4 Å². The second-order valence-electron chi connectivity index (χ2n) is 7.06. The van der Waals surface area contributed by atoms with E-state index in [0.29, 0.717) is 17.9 Å². The molecule has 1 heterocycles. The van der Waals surface area contributed by atoms with Gasteiger partial charge in [0.05, 0.1) is 0 Å². The van der Waals surface area contributed by atoms with E-state index in [1.165, 1.54) is 0 Å². The molecule has 4 rings (SSSR count). The topological polar surface area (TPSA) is 116 Å². The summed E-state index contributed by atoms with van der Waals surface area (Å²) in [4.78, 5) is 14.7. The molecular weight excluding hydrogens is 400 g/mol. The minimum atomic E-state index is -0.626. The Hall–Kier alpha value is -4.81. The number of nitriles is 2. The Kier molecular flexibility index (Phi) is 5.70. The Labute approximate surface area is 184 Å². The summed E-state index contributed by atoms with van der Waals surface area (Å²) < 4.78 is 5.85. The molecule has 0 spiro atoms. The fourth-order valence-electron chi connectivity index (χ4n) is 3.54. The van der Waals surface area contributed by atoms with Gasteiger partial charge in [0.1, 0.15) is 41.4 Å². The van der Waals surface area contributed by atoms with E-state index in [-0.39, 0.29) is 22.5 Å². The van der Waals surface area contributed by atoms with Gasteiger partial charge in [-0.3, -0.25) is 4.79 Å². The summed E-state index contributed by atoms with van der Waals surface area (Å²) in [5, 5.41) is 19.2. The Morgan fingerprint density at radius 3 is 2.09 bits per heavy atom. The molecule has 4 aromatic rings. The maximum Gasteiger partial charge on any atom is 0.268 e. The molecule has 0 saturated carbocycles. The van der Waals surface area contributed by atoms with Gasteiger partial charge in [0.15, 0.2) is 0 Å². The molecule has 0 aliphatic heterocycles. The first-order chi connectivity index (χ1) is 15.6. The number of nitrogens with one attached hydrogen (secondary N) is 1. The van der Waals surface area contributed by atoms with Crippen LogP contribution in [0.5, 0.6) is 5.75 Å². The van der Waals surface area contributed by atoms with Crippen molar-refractivity contribution in [1.82, 2.24) is 4.98 Å². The number of nitrogens with zero attached hydrogens (tertiary/aromatic N) is 2. The standard InChI is InChI=1S/C26H18N4O2/c27-14-22-24(23(15-28)26(31)30-25(22)29)21-9-5-4-8-20(21)18-10-12-19(13-11-18)32-16-17-6-2-1-3-7-17/h1-13H,16H2,(H3,29,30,31). The van der Waals surface area contributed by atoms with Crippen LogP contribution in [0, 0.1) is 22.7 Å². The van der Waals surface area contributed by atoms with Crippen molar-refractivity contribution < 1.29 is 4.74 Å². The quantitative estimate of drug-likeness (QED) is 0.491. The summed E-state index contributed by atoms with van der Waals surface area (Å²) in [7, 11) is 0. The highest BCUT2D eigenvalue weighted by Crippen LogP contribution is 2.36. The summed E-state index contributed by atoms with van der Waals surface area (Å²) in [6.45, 7) is 0.458. The van der Waals surface area contributed by atoms with E-state index in [9.17, 15) is 15.3 Å². The van der Waals surface area contributed by atoms with Gasteiger partial charge in [0.2, 0.25) is 0 Å². The van der Waals surface area contributed by atoms with E-state index in [0.717, 1.165) is 16.7 Å². The number of nitrogen functional groups attached to an aromatic ring is 1. The maximum absolute atomic E-state index is 12.3. The zero-order chi connectivity index (χ0) is 22.5. The van der Waals surface area contributed by atoms with E-state index >= 15 is 0 Å². The van der Waals surface area contributed by atoms with Crippen molar-refractivity contribution >= 4 is 5.82 Å². The number of nitrogens with two attached hydrogens (primary N) is 1. The fourth-order valence-corrected chi connectivity index (χ4v) is 3.54. The van der Waals surface area contributed by atoms with Gasteiger partial charge in [0.25, 0.3) is 5.56 Å². The van der Waals surface area contributed by atoms with Gasteiger partial charge < -0.3 is 15.5 Å². The van der Waals surface area contributed by atoms with Crippen LogP contribution in [-0.2, 0) is 6.61 Å². The van der Waals surface area contributed by atoms with Crippen LogP contribution in [0.15, 0.2) is 83.7 Å². The predicted octanol–water partition coefficient (Wildman–Crippen LogP) is 4.61. The number of rotatable bonds is 5. The molecular formula is C26H18N4O2. The largest absolute Gasteiger partial charge is 0.489 e. The molecule has 0 aliphatic rings. The van der Waals surface area contributed by atoms with E-state index in [1.807, 2.05) is 78.9 Å². The van der Waals surface area contributed by atoms with Crippen molar-refractivity contribution in [3.63, 3.8) is 0 Å². The molecule has 0 aliphatic carbocycles. The van der Waals surface area contributed by atoms with E-state index < -0.39 is 5.56 Å². The normalized spacial score (nSPS) is 10.2. The SMILES string of the molecule is N#Cc1c(N)[nH]c(=O)c(C#N)c1-c1ccccc1-c1ccc(OCc2ccccc2)cc1. The van der Waals surface area contributed by atoms with Gasteiger partial charge >= 0.3 is 0 Å². The summed E-state index contributed by atoms with van der Waals surface area (Å²) in [5.41, 5.74) is 8.67. The molecule has 0 radical (unpaired) electrons. The highest BCUT2D eigenvalue weighted by molar-refractivity contribution is 5.90. The third kappa shape index (κ3) is 3.94. The van der Waals surface area contributed by atoms with Crippen molar-refractivity contribution in [1.29, 1.82) is 10.5 Å². The molecule has 0 atom stereocenters. The number of pyridine rings is 1. The highest BCUT2D eigenvalue weighted by atomic mass is 16.5. The number of benzene rings is 3. The minimum Gasteiger partial charge on any atom is -0.489 e. The molecule has 6 heteroatoms. The van der Waals surface area contributed by atoms with E-state index in [1.54, 1.807) is 12.1 Å². The average molecular weight is 418 g/mol. The second kappa shape index (κ2) is 8.91. The van der Waals surface area contributed by atoms with Gasteiger partial charge in [-0.15, -0.1) is 0 Å². The summed E-state index contributed by atoms with van der Waals surface area (Å²) >= 11 is 0. The zero-order valence-electron chi connectivity index (χ0n) is 17.0. The van der Waals surface area contributed by atoms with E-state index in [4.69, 9.17) is 10.5 Å². The fraction of sp³-hybridized carbons (Fsp3) is 0.0385. The molecule has 3 N–H and O–H groups in total. The average Bonchev–Trinajstić information content (AvgIpc) is 2.83. The molecule has 0 fully saturated rings. The van der Waals surface area contributed by atoms with Crippen LogP contribution in [0.4, 0.5) is 5.82 Å². The van der Waals surface area contributed by atoms with E-state index in [2.05, 4.69) is 4.98 Å². The van der Waals surface area contributed by atoms with Crippen LogP contribution >= 0.6 is 0 Å². The molecule has 6 nitrogen and oxygen atoms in total. The van der Waals surface area contributed by atoms with Crippen molar-refractivity contribution in [2.75, 3.05) is 5.73 Å². The van der Waals surface area contributed by atoms with Crippen LogP contribution in [0.2, 0.25) is 0 Å². The first-order valence-electron chi connectivity index (χ1n) is 9.85. The predicted molar refractivity (Wildman–Crippen MR) is 123 cm³/mol. The first kappa shape index (κ1) is 20.5.